The van der Waals surface area contributed by atoms with E-state index < -0.39 is 0 Å². The molecule has 0 aromatic carbocycles. The van der Waals surface area contributed by atoms with Crippen LogP contribution in [0.25, 0.3) is 0 Å². The van der Waals surface area contributed by atoms with Crippen molar-refractivity contribution in [1.82, 2.24) is 9.55 Å². The summed E-state index contributed by atoms with van der Waals surface area (Å²) in [6.07, 6.45) is 10.5. The lowest BCUT2D eigenvalue weighted by Gasteiger charge is -2.43. The third kappa shape index (κ3) is 1.26. The van der Waals surface area contributed by atoms with Crippen molar-refractivity contribution in [2.24, 2.45) is 0 Å². The van der Waals surface area contributed by atoms with Crippen molar-refractivity contribution in [3.63, 3.8) is 0 Å². The third-order valence-corrected chi connectivity index (χ3v) is 4.17. The van der Waals surface area contributed by atoms with Gasteiger partial charge in [0.25, 0.3) is 0 Å². The van der Waals surface area contributed by atoms with E-state index in [-0.39, 0.29) is 11.5 Å². The minimum Gasteiger partial charge on any atom is -0.392 e. The largest absolute Gasteiger partial charge is 0.392 e. The van der Waals surface area contributed by atoms with E-state index in [4.69, 9.17) is 0 Å². The molecular weight excluding hydrogens is 188 g/mol. The van der Waals surface area contributed by atoms with E-state index in [1.54, 1.807) is 0 Å². The first-order valence-electron chi connectivity index (χ1n) is 6.03. The van der Waals surface area contributed by atoms with E-state index in [0.717, 1.165) is 31.6 Å². The van der Waals surface area contributed by atoms with Gasteiger partial charge in [0, 0.05) is 18.9 Å². The van der Waals surface area contributed by atoms with Gasteiger partial charge in [0.2, 0.25) is 0 Å². The van der Waals surface area contributed by atoms with Crippen LogP contribution < -0.4 is 0 Å². The second kappa shape index (κ2) is 3.34. The number of hydrogen-bond donors (Lipinski definition) is 1. The number of imidazole rings is 1. The van der Waals surface area contributed by atoms with Gasteiger partial charge in [-0.15, -0.1) is 0 Å². The smallest absolute Gasteiger partial charge is 0.117 e. The van der Waals surface area contributed by atoms with Gasteiger partial charge in [0.15, 0.2) is 0 Å². The standard InChI is InChI=1S/C12H18N2O/c15-10-4-1-2-5-12(10)6-3-8-14-9-7-13-11(12)14/h7,9-10,15H,1-6,8H2. The molecule has 0 bridgehead atoms. The maximum atomic E-state index is 10.3. The molecular formula is C12H18N2O. The Morgan fingerprint density at radius 2 is 2.20 bits per heavy atom. The number of rotatable bonds is 0. The molecule has 1 aliphatic heterocycles. The highest BCUT2D eigenvalue weighted by molar-refractivity contribution is 5.17. The highest BCUT2D eigenvalue weighted by atomic mass is 16.3. The van der Waals surface area contributed by atoms with Crippen molar-refractivity contribution >= 4 is 0 Å². The summed E-state index contributed by atoms with van der Waals surface area (Å²) in [4.78, 5) is 4.49. The molecule has 1 aliphatic carbocycles. The molecule has 1 spiro atoms. The average Bonchev–Trinajstić information content (AvgIpc) is 2.72. The van der Waals surface area contributed by atoms with Crippen molar-refractivity contribution < 1.29 is 5.11 Å². The summed E-state index contributed by atoms with van der Waals surface area (Å²) >= 11 is 0. The maximum absolute atomic E-state index is 10.3. The van der Waals surface area contributed by atoms with E-state index in [9.17, 15) is 5.11 Å². The summed E-state index contributed by atoms with van der Waals surface area (Å²) in [6, 6.07) is 0. The molecule has 82 valence electrons. The van der Waals surface area contributed by atoms with Crippen LogP contribution in [0.5, 0.6) is 0 Å². The molecule has 0 radical (unpaired) electrons. The molecule has 3 heteroatoms. The maximum Gasteiger partial charge on any atom is 0.117 e. The van der Waals surface area contributed by atoms with Crippen LogP contribution >= 0.6 is 0 Å². The Labute approximate surface area is 90.1 Å². The topological polar surface area (TPSA) is 38.0 Å². The van der Waals surface area contributed by atoms with Crippen molar-refractivity contribution in [1.29, 1.82) is 0 Å². The zero-order valence-corrected chi connectivity index (χ0v) is 9.02. The van der Waals surface area contributed by atoms with Crippen LogP contribution in [0.2, 0.25) is 0 Å². The first kappa shape index (κ1) is 9.40. The Balaban J connectivity index is 2.05. The lowest BCUT2D eigenvalue weighted by Crippen LogP contribution is -2.46. The molecule has 0 saturated heterocycles. The number of hydrogen-bond acceptors (Lipinski definition) is 2. The third-order valence-electron chi connectivity index (χ3n) is 4.17. The van der Waals surface area contributed by atoms with Crippen LogP contribution in [0.1, 0.15) is 44.3 Å². The van der Waals surface area contributed by atoms with Crippen LogP contribution in [-0.2, 0) is 12.0 Å². The zero-order chi connectivity index (χ0) is 10.3. The van der Waals surface area contributed by atoms with Crippen molar-refractivity contribution in [2.45, 2.75) is 56.6 Å². The fourth-order valence-electron chi connectivity index (χ4n) is 3.37. The summed E-state index contributed by atoms with van der Waals surface area (Å²) in [5, 5.41) is 10.3. The first-order valence-corrected chi connectivity index (χ1v) is 6.03. The van der Waals surface area contributed by atoms with Gasteiger partial charge < -0.3 is 9.67 Å². The summed E-state index contributed by atoms with van der Waals surface area (Å²) in [7, 11) is 0. The Hall–Kier alpha value is -0.830. The van der Waals surface area contributed by atoms with Crippen LogP contribution in [0.15, 0.2) is 12.4 Å². The van der Waals surface area contributed by atoms with E-state index in [2.05, 4.69) is 15.7 Å². The Morgan fingerprint density at radius 3 is 3.07 bits per heavy atom. The molecule has 2 heterocycles. The molecule has 1 N–H and O–H groups in total. The van der Waals surface area contributed by atoms with Crippen LogP contribution in [0, 0.1) is 0 Å². The molecule has 15 heavy (non-hydrogen) atoms. The van der Waals surface area contributed by atoms with Crippen molar-refractivity contribution in [3.05, 3.63) is 18.2 Å². The van der Waals surface area contributed by atoms with Crippen molar-refractivity contribution in [3.8, 4) is 0 Å². The lowest BCUT2D eigenvalue weighted by atomic mass is 9.67. The minimum atomic E-state index is -0.173. The van der Waals surface area contributed by atoms with Gasteiger partial charge in [0.05, 0.1) is 11.5 Å². The van der Waals surface area contributed by atoms with E-state index in [1.807, 2.05) is 6.20 Å². The first-order chi connectivity index (χ1) is 7.33. The molecule has 1 aromatic rings. The number of nitrogens with zero attached hydrogens (tertiary/aromatic N) is 2. The van der Waals surface area contributed by atoms with E-state index in [1.165, 1.54) is 19.3 Å². The lowest BCUT2D eigenvalue weighted by molar-refractivity contribution is 0.0204. The van der Waals surface area contributed by atoms with E-state index in [0.29, 0.717) is 0 Å². The Morgan fingerprint density at radius 1 is 1.33 bits per heavy atom. The Bertz CT molecular complexity index is 360. The van der Waals surface area contributed by atoms with Gasteiger partial charge in [0.1, 0.15) is 5.82 Å². The average molecular weight is 206 g/mol. The van der Waals surface area contributed by atoms with Crippen LogP contribution in [0.3, 0.4) is 0 Å². The second-order valence-corrected chi connectivity index (χ2v) is 4.97. The monoisotopic (exact) mass is 206 g/mol. The molecule has 2 aliphatic rings. The van der Waals surface area contributed by atoms with Crippen LogP contribution in [0.4, 0.5) is 0 Å². The highest BCUT2D eigenvalue weighted by Gasteiger charge is 2.45. The van der Waals surface area contributed by atoms with Gasteiger partial charge in [-0.05, 0) is 25.7 Å². The number of fused-ring (bicyclic) bond motifs is 2. The summed E-state index contributed by atoms with van der Waals surface area (Å²) in [5.74, 6) is 1.14. The molecule has 1 fully saturated rings. The summed E-state index contributed by atoms with van der Waals surface area (Å²) < 4.78 is 2.23. The molecule has 3 nitrogen and oxygen atoms in total. The molecule has 0 amide bonds. The van der Waals surface area contributed by atoms with Crippen molar-refractivity contribution in [2.75, 3.05) is 0 Å². The number of aryl methyl sites for hydroxylation is 1. The van der Waals surface area contributed by atoms with Crippen LogP contribution in [-0.4, -0.2) is 20.8 Å². The number of aromatic nitrogens is 2. The summed E-state index contributed by atoms with van der Waals surface area (Å²) in [6.45, 7) is 1.07. The summed E-state index contributed by atoms with van der Waals surface area (Å²) in [5.41, 5.74) is -0.0139. The Kier molecular flexibility index (Phi) is 2.09. The quantitative estimate of drug-likeness (QED) is 0.703. The normalized spacial score (nSPS) is 35.4. The molecule has 3 rings (SSSR count). The predicted octanol–water partition coefficient (Wildman–Crippen LogP) is 1.85. The highest BCUT2D eigenvalue weighted by Crippen LogP contribution is 2.44. The minimum absolute atomic E-state index is 0.0139. The second-order valence-electron chi connectivity index (χ2n) is 4.97. The zero-order valence-electron chi connectivity index (χ0n) is 9.02. The van der Waals surface area contributed by atoms with Gasteiger partial charge in [-0.25, -0.2) is 4.98 Å². The predicted molar refractivity (Wildman–Crippen MR) is 57.6 cm³/mol. The van der Waals surface area contributed by atoms with E-state index >= 15 is 0 Å². The number of aliphatic hydroxyl groups excluding tert-OH is 1. The van der Waals surface area contributed by atoms with Gasteiger partial charge in [-0.1, -0.05) is 12.8 Å². The molecule has 1 saturated carbocycles. The van der Waals surface area contributed by atoms with Gasteiger partial charge in [-0.3, -0.25) is 0 Å². The van der Waals surface area contributed by atoms with Gasteiger partial charge >= 0.3 is 0 Å². The molecule has 2 unspecified atom stereocenters. The van der Waals surface area contributed by atoms with Gasteiger partial charge in [-0.2, -0.15) is 0 Å². The molecule has 2 atom stereocenters. The SMILES string of the molecule is OC1CCCCC12CCCn1ccnc12. The number of aliphatic hydroxyl groups is 1. The molecule has 1 aromatic heterocycles. The fourth-order valence-corrected chi connectivity index (χ4v) is 3.37. The fraction of sp³-hybridized carbons (Fsp3) is 0.750.